The van der Waals surface area contributed by atoms with Crippen LogP contribution in [0.1, 0.15) is 99.1 Å². The second-order valence-corrected chi connectivity index (χ2v) is 13.9. The van der Waals surface area contributed by atoms with Gasteiger partial charge in [-0.2, -0.15) is 0 Å². The Balaban J connectivity index is 1.68. The van der Waals surface area contributed by atoms with Crippen molar-refractivity contribution in [3.8, 4) is 0 Å². The van der Waals surface area contributed by atoms with Crippen molar-refractivity contribution >= 4 is 35.8 Å². The number of hydrogen-bond acceptors (Lipinski definition) is 6. The van der Waals surface area contributed by atoms with Gasteiger partial charge in [-0.3, -0.25) is 4.57 Å². The predicted molar refractivity (Wildman–Crippen MR) is 154 cm³/mol. The Morgan fingerprint density at radius 2 is 1.41 bits per heavy atom. The molecule has 0 atom stereocenters. The Kier molecular flexibility index (Phi) is 7.44. The summed E-state index contributed by atoms with van der Waals surface area (Å²) in [6.45, 7) is 22.6. The molecule has 1 aromatic heterocycles. The van der Waals surface area contributed by atoms with Crippen LogP contribution in [0, 0.1) is 6.92 Å². The largest absolute Gasteiger partial charge is 0.513 e. The van der Waals surface area contributed by atoms with Crippen LogP contribution in [0.15, 0.2) is 18.2 Å². The highest BCUT2D eigenvalue weighted by molar-refractivity contribution is 6.63. The summed E-state index contributed by atoms with van der Waals surface area (Å²) in [7, 11) is -0.713. The molecule has 2 fully saturated rings. The van der Waals surface area contributed by atoms with Gasteiger partial charge in [-0.25, -0.2) is 9.59 Å². The first-order valence-corrected chi connectivity index (χ1v) is 14.0. The fourth-order valence-corrected chi connectivity index (χ4v) is 5.20. The number of nitrogens with zero attached hydrogens (tertiary/aromatic N) is 2. The van der Waals surface area contributed by atoms with E-state index in [4.69, 9.17) is 18.8 Å². The van der Waals surface area contributed by atoms with E-state index in [0.717, 1.165) is 29.3 Å². The summed E-state index contributed by atoms with van der Waals surface area (Å²) in [6.07, 6.45) is 0.985. The molecule has 2 aliphatic rings. The summed E-state index contributed by atoms with van der Waals surface area (Å²) >= 11 is 0. The Morgan fingerprint density at radius 1 is 0.897 bits per heavy atom. The van der Waals surface area contributed by atoms with Crippen molar-refractivity contribution in [2.75, 3.05) is 13.1 Å². The number of benzene rings is 1. The van der Waals surface area contributed by atoms with Crippen LogP contribution in [-0.2, 0) is 18.8 Å². The van der Waals surface area contributed by atoms with E-state index in [1.165, 1.54) is 5.56 Å². The van der Waals surface area contributed by atoms with Gasteiger partial charge in [0.25, 0.3) is 0 Å². The maximum absolute atomic E-state index is 13.6. The highest BCUT2D eigenvalue weighted by Crippen LogP contribution is 2.38. The number of rotatable bonds is 2. The average molecular weight is 541 g/mol. The molecule has 0 unspecified atom stereocenters. The Bertz CT molecular complexity index is 1240. The van der Waals surface area contributed by atoms with Crippen molar-refractivity contribution in [2.24, 2.45) is 0 Å². The van der Waals surface area contributed by atoms with Crippen LogP contribution in [0.25, 0.3) is 10.9 Å². The van der Waals surface area contributed by atoms with Crippen molar-refractivity contribution in [1.29, 1.82) is 0 Å². The molecule has 8 nitrogen and oxygen atoms in total. The van der Waals surface area contributed by atoms with Gasteiger partial charge in [0, 0.05) is 18.5 Å². The van der Waals surface area contributed by atoms with Crippen molar-refractivity contribution in [2.45, 2.75) is 117 Å². The summed E-state index contributed by atoms with van der Waals surface area (Å²) in [6, 6.07) is 6.26. The highest BCUT2D eigenvalue weighted by atomic mass is 16.7. The molecule has 0 saturated carbocycles. The Labute approximate surface area is 233 Å². The summed E-state index contributed by atoms with van der Waals surface area (Å²) in [5.41, 5.74) is 1.29. The van der Waals surface area contributed by atoms with Gasteiger partial charge in [0.1, 0.15) is 11.2 Å². The maximum Gasteiger partial charge on any atom is 0.513 e. The zero-order valence-electron chi connectivity index (χ0n) is 25.6. The van der Waals surface area contributed by atoms with E-state index in [-0.39, 0.29) is 6.09 Å². The zero-order valence-corrected chi connectivity index (χ0v) is 25.6. The second kappa shape index (κ2) is 9.84. The van der Waals surface area contributed by atoms with Gasteiger partial charge in [-0.15, -0.1) is 0 Å². The molecule has 0 aliphatic carbocycles. The molecule has 214 valence electrons. The van der Waals surface area contributed by atoms with Crippen LogP contribution in [-0.4, -0.2) is 64.3 Å². The van der Waals surface area contributed by atoms with Gasteiger partial charge in [-0.05, 0) is 118 Å². The van der Waals surface area contributed by atoms with E-state index in [0.29, 0.717) is 24.6 Å². The van der Waals surface area contributed by atoms with E-state index < -0.39 is 35.6 Å². The van der Waals surface area contributed by atoms with E-state index >= 15 is 0 Å². The van der Waals surface area contributed by atoms with Gasteiger partial charge >= 0.3 is 19.3 Å². The number of carbonyl (C=O) groups excluding carboxylic acids is 2. The fraction of sp³-hybridized carbons (Fsp3) is 0.667. The quantitative estimate of drug-likeness (QED) is 0.426. The average Bonchev–Trinajstić information content (AvgIpc) is 3.19. The number of likely N-dealkylation sites (tertiary alicyclic amines) is 1. The molecular weight excluding hydrogens is 495 g/mol. The topological polar surface area (TPSA) is 79.2 Å². The van der Waals surface area contributed by atoms with Crippen LogP contribution >= 0.6 is 0 Å². The number of carbonyl (C=O) groups is 2. The second-order valence-electron chi connectivity index (χ2n) is 13.9. The highest BCUT2D eigenvalue weighted by Gasteiger charge is 2.54. The van der Waals surface area contributed by atoms with E-state index in [2.05, 4.69) is 12.1 Å². The molecule has 1 amide bonds. The lowest BCUT2D eigenvalue weighted by molar-refractivity contribution is 0.00578. The first-order chi connectivity index (χ1) is 17.8. The van der Waals surface area contributed by atoms with Crippen LogP contribution in [0.5, 0.6) is 0 Å². The van der Waals surface area contributed by atoms with Crippen LogP contribution in [0.2, 0.25) is 0 Å². The number of fused-ring (bicyclic) bond motifs is 1. The lowest BCUT2D eigenvalue weighted by Gasteiger charge is -2.33. The summed E-state index contributed by atoms with van der Waals surface area (Å²) in [5, 5.41) is 0.970. The molecule has 39 heavy (non-hydrogen) atoms. The predicted octanol–water partition coefficient (Wildman–Crippen LogP) is 6.15. The smallest absolute Gasteiger partial charge is 0.444 e. The zero-order chi connectivity index (χ0) is 29.1. The molecule has 0 spiro atoms. The molecule has 0 radical (unpaired) electrons. The molecule has 3 heterocycles. The molecule has 0 N–H and O–H groups in total. The van der Waals surface area contributed by atoms with Gasteiger partial charge in [0.2, 0.25) is 0 Å². The minimum Gasteiger partial charge on any atom is -0.444 e. The molecule has 0 bridgehead atoms. The van der Waals surface area contributed by atoms with Gasteiger partial charge < -0.3 is 23.7 Å². The first-order valence-electron chi connectivity index (χ1n) is 14.0. The summed E-state index contributed by atoms with van der Waals surface area (Å²) in [4.78, 5) is 27.9. The van der Waals surface area contributed by atoms with E-state index in [9.17, 15) is 9.59 Å². The Hall–Kier alpha value is -2.52. The molecule has 2 aromatic rings. The number of ether oxygens (including phenoxy) is 2. The lowest BCUT2D eigenvalue weighted by Crippen LogP contribution is -2.44. The van der Waals surface area contributed by atoms with Crippen molar-refractivity contribution in [1.82, 2.24) is 9.47 Å². The summed E-state index contributed by atoms with van der Waals surface area (Å²) < 4.78 is 25.8. The normalized spacial score (nSPS) is 20.0. The minimum absolute atomic E-state index is 0.256. The Morgan fingerprint density at radius 3 is 1.92 bits per heavy atom. The van der Waals surface area contributed by atoms with Crippen LogP contribution < -0.4 is 5.59 Å². The van der Waals surface area contributed by atoms with Gasteiger partial charge in [0.15, 0.2) is 0 Å². The monoisotopic (exact) mass is 540 g/mol. The van der Waals surface area contributed by atoms with Gasteiger partial charge in [-0.1, -0.05) is 6.07 Å². The molecule has 2 saturated heterocycles. The van der Waals surface area contributed by atoms with Crippen molar-refractivity contribution < 1.29 is 28.4 Å². The molecule has 1 aromatic carbocycles. The standard InChI is InChI=1S/C30H45BN2O6/c1-19-22-18-21(20-14-16-32(17-15-20)25(34)36-27(2,3)4)12-13-23(22)33(26(35)37-28(5,6)7)24(19)31-38-29(8,9)30(10,11)39-31/h12-13,18,20H,14-17H2,1-11H3. The minimum atomic E-state index is -0.713. The summed E-state index contributed by atoms with van der Waals surface area (Å²) in [5.74, 6) is 0.303. The third-order valence-electron chi connectivity index (χ3n) is 7.96. The van der Waals surface area contributed by atoms with Crippen LogP contribution in [0.4, 0.5) is 9.59 Å². The fourth-order valence-electron chi connectivity index (χ4n) is 5.20. The lowest BCUT2D eigenvalue weighted by atomic mass is 9.81. The van der Waals surface area contributed by atoms with E-state index in [1.807, 2.05) is 82.2 Å². The van der Waals surface area contributed by atoms with Crippen molar-refractivity contribution in [3.05, 3.63) is 29.3 Å². The maximum atomic E-state index is 13.6. The van der Waals surface area contributed by atoms with Gasteiger partial charge in [0.05, 0.1) is 22.3 Å². The van der Waals surface area contributed by atoms with E-state index in [1.54, 1.807) is 9.47 Å². The molecular formula is C30H45BN2O6. The van der Waals surface area contributed by atoms with Crippen LogP contribution in [0.3, 0.4) is 0 Å². The third kappa shape index (κ3) is 5.99. The first kappa shape index (κ1) is 29.5. The number of hydrogen-bond donors (Lipinski definition) is 0. The number of aryl methyl sites for hydroxylation is 1. The third-order valence-corrected chi connectivity index (χ3v) is 7.96. The SMILES string of the molecule is Cc1c(B2OC(C)(C)C(C)(C)O2)n(C(=O)OC(C)(C)C)c2ccc(C3CCN(C(=O)OC(C)(C)C)CC3)cc12. The number of piperidine rings is 1. The number of aromatic nitrogens is 1. The molecule has 9 heteroatoms. The molecule has 4 rings (SSSR count). The number of amides is 1. The molecule has 2 aliphatic heterocycles. The van der Waals surface area contributed by atoms with Crippen molar-refractivity contribution in [3.63, 3.8) is 0 Å².